The van der Waals surface area contributed by atoms with Crippen molar-refractivity contribution in [1.29, 1.82) is 0 Å². The summed E-state index contributed by atoms with van der Waals surface area (Å²) >= 11 is 1.62. The van der Waals surface area contributed by atoms with Gasteiger partial charge in [0.1, 0.15) is 0 Å². The summed E-state index contributed by atoms with van der Waals surface area (Å²) in [7, 11) is 0.446. The van der Waals surface area contributed by atoms with Crippen molar-refractivity contribution in [2.75, 3.05) is 27.2 Å². The first-order valence-electron chi connectivity index (χ1n) is 7.97. The molecule has 1 aliphatic heterocycles. The number of fused-ring (bicyclic) bond motifs is 1. The van der Waals surface area contributed by atoms with E-state index < -0.39 is 10.2 Å². The van der Waals surface area contributed by atoms with Gasteiger partial charge >= 0.3 is 0 Å². The maximum Gasteiger partial charge on any atom is 0.279 e. The lowest BCUT2D eigenvalue weighted by atomic mass is 10.0. The maximum absolute atomic E-state index is 12.7. The number of nitrogens with zero attached hydrogens (tertiary/aromatic N) is 2. The first-order valence-corrected chi connectivity index (χ1v) is 10.4. The first kappa shape index (κ1) is 17.6. The molecule has 0 saturated carbocycles. The minimum Gasteiger partial charge on any atom is -0.301 e. The highest BCUT2D eigenvalue weighted by molar-refractivity contribution is 7.87. The maximum atomic E-state index is 12.7. The third kappa shape index (κ3) is 3.87. The molecule has 7 heteroatoms. The van der Waals surface area contributed by atoms with Gasteiger partial charge in [0.25, 0.3) is 10.2 Å². The minimum absolute atomic E-state index is 0.0306. The Hall–Kier alpha value is -1.25. The predicted molar refractivity (Wildman–Crippen MR) is 98.2 cm³/mol. The Morgan fingerprint density at radius 2 is 2.00 bits per heavy atom. The standard InChI is InChI=1S/C17H23N3O2S2/c1-19(2)17(16-8-10-23-13-16)11-18-24(21,22)20-9-7-14-5-3-4-6-15(14)12-20/h3-6,8,10,13,17-18H,7,9,11-12H2,1-2H3. The zero-order valence-corrected chi connectivity index (χ0v) is 15.6. The van der Waals surface area contributed by atoms with Crippen LogP contribution in [0.2, 0.25) is 0 Å². The summed E-state index contributed by atoms with van der Waals surface area (Å²) in [4.78, 5) is 2.04. The van der Waals surface area contributed by atoms with Gasteiger partial charge in [0.05, 0.1) is 0 Å². The summed E-state index contributed by atoms with van der Waals surface area (Å²) in [6.45, 7) is 1.33. The van der Waals surface area contributed by atoms with E-state index in [2.05, 4.69) is 16.2 Å². The molecule has 1 N–H and O–H groups in total. The molecule has 0 aliphatic carbocycles. The molecule has 0 amide bonds. The normalized spacial score (nSPS) is 17.0. The third-order valence-electron chi connectivity index (χ3n) is 4.45. The van der Waals surface area contributed by atoms with Crippen LogP contribution in [0.15, 0.2) is 41.1 Å². The highest BCUT2D eigenvalue weighted by Crippen LogP contribution is 2.22. The first-order chi connectivity index (χ1) is 11.5. The Bertz CT molecular complexity index is 773. The SMILES string of the molecule is CN(C)C(CNS(=O)(=O)N1CCc2ccccc2C1)c1ccsc1. The zero-order valence-electron chi connectivity index (χ0n) is 14.0. The van der Waals surface area contributed by atoms with E-state index in [9.17, 15) is 8.42 Å². The van der Waals surface area contributed by atoms with Crippen molar-refractivity contribution >= 4 is 21.5 Å². The van der Waals surface area contributed by atoms with Gasteiger partial charge in [0, 0.05) is 25.7 Å². The van der Waals surface area contributed by atoms with Crippen LogP contribution in [0.1, 0.15) is 22.7 Å². The number of likely N-dealkylation sites (N-methyl/N-ethyl adjacent to an activating group) is 1. The molecule has 3 rings (SSSR count). The molecule has 0 fully saturated rings. The quantitative estimate of drug-likeness (QED) is 0.854. The number of benzene rings is 1. The zero-order chi connectivity index (χ0) is 17.2. The van der Waals surface area contributed by atoms with E-state index in [0.29, 0.717) is 19.6 Å². The second kappa shape index (κ2) is 7.33. The van der Waals surface area contributed by atoms with Crippen LogP contribution >= 0.6 is 11.3 Å². The van der Waals surface area contributed by atoms with Crippen LogP contribution < -0.4 is 4.72 Å². The van der Waals surface area contributed by atoms with Gasteiger partial charge in [-0.2, -0.15) is 24.1 Å². The van der Waals surface area contributed by atoms with Crippen molar-refractivity contribution < 1.29 is 8.42 Å². The van der Waals surface area contributed by atoms with E-state index in [4.69, 9.17) is 0 Å². The van der Waals surface area contributed by atoms with Crippen LogP contribution in [-0.2, 0) is 23.2 Å². The molecular weight excluding hydrogens is 342 g/mol. The highest BCUT2D eigenvalue weighted by atomic mass is 32.2. The second-order valence-electron chi connectivity index (χ2n) is 6.24. The molecule has 2 aromatic rings. The molecule has 0 radical (unpaired) electrons. The molecule has 1 unspecified atom stereocenters. The number of hydrogen-bond acceptors (Lipinski definition) is 4. The summed E-state index contributed by atoms with van der Waals surface area (Å²) in [6, 6.07) is 10.1. The summed E-state index contributed by atoms with van der Waals surface area (Å²) in [5, 5.41) is 4.08. The molecule has 1 aliphatic rings. The summed E-state index contributed by atoms with van der Waals surface area (Å²) in [6.07, 6.45) is 0.763. The van der Waals surface area contributed by atoms with Gasteiger partial charge in [-0.05, 0) is 54.0 Å². The second-order valence-corrected chi connectivity index (χ2v) is 8.78. The summed E-state index contributed by atoms with van der Waals surface area (Å²) < 4.78 is 29.7. The molecule has 0 saturated heterocycles. The van der Waals surface area contributed by atoms with E-state index in [0.717, 1.165) is 17.5 Å². The number of nitrogens with one attached hydrogen (secondary N) is 1. The number of rotatable bonds is 6. The third-order valence-corrected chi connectivity index (χ3v) is 6.67. The lowest BCUT2D eigenvalue weighted by molar-refractivity contribution is 0.296. The Morgan fingerprint density at radius 3 is 2.67 bits per heavy atom. The van der Waals surface area contributed by atoms with Gasteiger partial charge in [-0.3, -0.25) is 0 Å². The van der Waals surface area contributed by atoms with Gasteiger partial charge in [-0.1, -0.05) is 24.3 Å². The molecule has 2 heterocycles. The fraction of sp³-hybridized carbons (Fsp3) is 0.412. The van der Waals surface area contributed by atoms with Crippen molar-refractivity contribution in [3.63, 3.8) is 0 Å². The smallest absolute Gasteiger partial charge is 0.279 e. The van der Waals surface area contributed by atoms with E-state index in [1.54, 1.807) is 11.3 Å². The van der Waals surface area contributed by atoms with E-state index in [-0.39, 0.29) is 6.04 Å². The average Bonchev–Trinajstić information content (AvgIpc) is 3.08. The summed E-state index contributed by atoms with van der Waals surface area (Å²) in [5.41, 5.74) is 3.47. The lowest BCUT2D eigenvalue weighted by Crippen LogP contribution is -2.45. The van der Waals surface area contributed by atoms with E-state index in [1.165, 1.54) is 9.87 Å². The molecule has 0 spiro atoms. The van der Waals surface area contributed by atoms with Gasteiger partial charge in [-0.25, -0.2) is 4.72 Å². The number of thiophene rings is 1. The van der Waals surface area contributed by atoms with Crippen molar-refractivity contribution in [3.8, 4) is 0 Å². The molecule has 0 bridgehead atoms. The van der Waals surface area contributed by atoms with Crippen LogP contribution in [0.5, 0.6) is 0 Å². The van der Waals surface area contributed by atoms with Crippen LogP contribution in [0.3, 0.4) is 0 Å². The molecular formula is C17H23N3O2S2. The van der Waals surface area contributed by atoms with E-state index in [1.807, 2.05) is 48.6 Å². The van der Waals surface area contributed by atoms with Crippen LogP contribution in [-0.4, -0.2) is 44.8 Å². The molecule has 1 aromatic heterocycles. The summed E-state index contributed by atoms with van der Waals surface area (Å²) in [5.74, 6) is 0. The van der Waals surface area contributed by atoms with Gasteiger partial charge in [0.2, 0.25) is 0 Å². The number of hydrogen-bond donors (Lipinski definition) is 1. The minimum atomic E-state index is -3.49. The largest absolute Gasteiger partial charge is 0.301 e. The average molecular weight is 366 g/mol. The Morgan fingerprint density at radius 1 is 1.25 bits per heavy atom. The molecule has 1 aromatic carbocycles. The van der Waals surface area contributed by atoms with Gasteiger partial charge in [-0.15, -0.1) is 0 Å². The Balaban J connectivity index is 1.68. The predicted octanol–water partition coefficient (Wildman–Crippen LogP) is 2.24. The Labute approximate surface area is 148 Å². The lowest BCUT2D eigenvalue weighted by Gasteiger charge is -2.30. The highest BCUT2D eigenvalue weighted by Gasteiger charge is 2.27. The van der Waals surface area contributed by atoms with Crippen LogP contribution in [0, 0.1) is 0 Å². The van der Waals surface area contributed by atoms with Crippen molar-refractivity contribution in [2.24, 2.45) is 0 Å². The molecule has 24 heavy (non-hydrogen) atoms. The van der Waals surface area contributed by atoms with Gasteiger partial charge < -0.3 is 4.90 Å². The van der Waals surface area contributed by atoms with Crippen molar-refractivity contribution in [3.05, 3.63) is 57.8 Å². The molecule has 5 nitrogen and oxygen atoms in total. The van der Waals surface area contributed by atoms with Gasteiger partial charge in [0.15, 0.2) is 0 Å². The fourth-order valence-electron chi connectivity index (χ4n) is 3.01. The van der Waals surface area contributed by atoms with Crippen molar-refractivity contribution in [1.82, 2.24) is 13.9 Å². The Kier molecular flexibility index (Phi) is 5.36. The fourth-order valence-corrected chi connectivity index (χ4v) is 4.91. The molecule has 130 valence electrons. The van der Waals surface area contributed by atoms with Crippen molar-refractivity contribution in [2.45, 2.75) is 19.0 Å². The molecule has 1 atom stereocenters. The van der Waals surface area contributed by atoms with Crippen LogP contribution in [0.4, 0.5) is 0 Å². The topological polar surface area (TPSA) is 52.7 Å². The van der Waals surface area contributed by atoms with Crippen LogP contribution in [0.25, 0.3) is 0 Å². The van der Waals surface area contributed by atoms with E-state index >= 15 is 0 Å². The monoisotopic (exact) mass is 365 g/mol.